The van der Waals surface area contributed by atoms with Crippen molar-refractivity contribution in [2.45, 2.75) is 37.8 Å². The minimum absolute atomic E-state index is 0.258. The summed E-state index contributed by atoms with van der Waals surface area (Å²) in [4.78, 5) is 17.9. The van der Waals surface area contributed by atoms with Gasteiger partial charge in [0.25, 0.3) is 0 Å². The average Bonchev–Trinajstić information content (AvgIpc) is 2.60. The van der Waals surface area contributed by atoms with E-state index in [2.05, 4.69) is 34.1 Å². The van der Waals surface area contributed by atoms with Crippen molar-refractivity contribution in [3.05, 3.63) is 42.1 Å². The van der Waals surface area contributed by atoms with Crippen molar-refractivity contribution in [1.29, 1.82) is 0 Å². The molecule has 2 heterocycles. The molecule has 1 unspecified atom stereocenters. The van der Waals surface area contributed by atoms with Crippen LogP contribution < -0.4 is 5.73 Å². The Balaban J connectivity index is 1.70. The van der Waals surface area contributed by atoms with Crippen molar-refractivity contribution < 1.29 is 9.53 Å². The summed E-state index contributed by atoms with van der Waals surface area (Å²) in [5, 5.41) is 1.17. The van der Waals surface area contributed by atoms with Gasteiger partial charge in [-0.25, -0.2) is 0 Å². The molecule has 1 saturated heterocycles. The Labute approximate surface area is 142 Å². The van der Waals surface area contributed by atoms with Gasteiger partial charge in [-0.3, -0.25) is 14.7 Å². The maximum absolute atomic E-state index is 11.1. The van der Waals surface area contributed by atoms with Gasteiger partial charge in [-0.15, -0.1) is 0 Å². The Bertz CT molecular complexity index is 719. The summed E-state index contributed by atoms with van der Waals surface area (Å²) in [5.41, 5.74) is 7.36. The zero-order valence-corrected chi connectivity index (χ0v) is 14.2. The van der Waals surface area contributed by atoms with Crippen molar-refractivity contribution in [3.63, 3.8) is 0 Å². The van der Waals surface area contributed by atoms with Crippen LogP contribution in [0.1, 0.15) is 31.2 Å². The van der Waals surface area contributed by atoms with E-state index in [4.69, 9.17) is 10.5 Å². The maximum atomic E-state index is 11.1. The van der Waals surface area contributed by atoms with Crippen LogP contribution >= 0.6 is 0 Å². The lowest BCUT2D eigenvalue weighted by molar-refractivity contribution is -0.121. The van der Waals surface area contributed by atoms with E-state index in [-0.39, 0.29) is 11.5 Å². The van der Waals surface area contributed by atoms with E-state index in [0.29, 0.717) is 12.8 Å². The second-order valence-electron chi connectivity index (χ2n) is 6.70. The van der Waals surface area contributed by atoms with Crippen molar-refractivity contribution in [1.82, 2.24) is 9.88 Å². The highest BCUT2D eigenvalue weighted by Crippen LogP contribution is 2.30. The van der Waals surface area contributed by atoms with Gasteiger partial charge in [-0.05, 0) is 49.6 Å². The van der Waals surface area contributed by atoms with Crippen LogP contribution in [-0.4, -0.2) is 41.6 Å². The van der Waals surface area contributed by atoms with Crippen LogP contribution in [0.3, 0.4) is 0 Å². The van der Waals surface area contributed by atoms with Gasteiger partial charge in [0.2, 0.25) is 5.91 Å². The predicted octanol–water partition coefficient (Wildman–Crippen LogP) is 2.48. The predicted molar refractivity (Wildman–Crippen MR) is 94.4 cm³/mol. The highest BCUT2D eigenvalue weighted by molar-refractivity contribution is 5.78. The third kappa shape index (κ3) is 3.91. The Morgan fingerprint density at radius 3 is 3.08 bits per heavy atom. The van der Waals surface area contributed by atoms with Gasteiger partial charge in [-0.2, -0.15) is 0 Å². The molecular weight excluding hydrogens is 302 g/mol. The molecule has 1 fully saturated rings. The first-order valence-electron chi connectivity index (χ1n) is 8.50. The molecule has 128 valence electrons. The number of nitrogens with two attached hydrogens (primary N) is 1. The zero-order chi connectivity index (χ0) is 17.0. The van der Waals surface area contributed by atoms with Gasteiger partial charge in [0.15, 0.2) is 0 Å². The fourth-order valence-electron chi connectivity index (χ4n) is 3.63. The van der Waals surface area contributed by atoms with Gasteiger partial charge in [0.05, 0.1) is 11.1 Å². The first-order valence-corrected chi connectivity index (χ1v) is 8.50. The average molecular weight is 327 g/mol. The fraction of sp³-hybridized carbons (Fsp3) is 0.474. The molecule has 0 spiro atoms. The van der Waals surface area contributed by atoms with E-state index in [1.54, 1.807) is 7.11 Å². The highest BCUT2D eigenvalue weighted by atomic mass is 16.5. The zero-order valence-electron chi connectivity index (χ0n) is 14.2. The number of carbonyl (C=O) groups is 1. The largest absolute Gasteiger partial charge is 0.377 e. The first kappa shape index (κ1) is 16.9. The smallest absolute Gasteiger partial charge is 0.217 e. The molecule has 1 aromatic carbocycles. The number of nitrogens with zero attached hydrogens (tertiary/aromatic N) is 2. The highest BCUT2D eigenvalue weighted by Gasteiger charge is 2.35. The van der Waals surface area contributed by atoms with Gasteiger partial charge in [0.1, 0.15) is 0 Å². The second-order valence-corrected chi connectivity index (χ2v) is 6.70. The Kier molecular flexibility index (Phi) is 5.11. The summed E-state index contributed by atoms with van der Waals surface area (Å²) < 4.78 is 5.81. The molecule has 2 N–H and O–H groups in total. The van der Waals surface area contributed by atoms with Crippen LogP contribution in [-0.2, 0) is 16.1 Å². The molecule has 2 aromatic rings. The minimum Gasteiger partial charge on any atom is -0.377 e. The van der Waals surface area contributed by atoms with E-state index < -0.39 is 0 Å². The van der Waals surface area contributed by atoms with Crippen LogP contribution in [0, 0.1) is 0 Å². The number of ether oxygens (including phenoxy) is 1. The normalized spacial score (nSPS) is 21.9. The van der Waals surface area contributed by atoms with E-state index in [1.165, 1.54) is 10.9 Å². The number of hydrogen-bond acceptors (Lipinski definition) is 4. The monoisotopic (exact) mass is 327 g/mol. The fourth-order valence-corrected chi connectivity index (χ4v) is 3.63. The molecule has 5 heteroatoms. The lowest BCUT2D eigenvalue weighted by Gasteiger charge is -2.42. The second kappa shape index (κ2) is 7.28. The molecule has 0 aliphatic carbocycles. The number of likely N-dealkylation sites (tertiary alicyclic amines) is 1. The molecule has 0 saturated carbocycles. The summed E-state index contributed by atoms with van der Waals surface area (Å²) in [6.07, 6.45) is 4.94. The number of rotatable bonds is 6. The number of piperidine rings is 1. The van der Waals surface area contributed by atoms with Crippen LogP contribution in [0.25, 0.3) is 10.9 Å². The Hall–Kier alpha value is -1.98. The number of methoxy groups -OCH3 is 1. The standard InChI is InChI=1S/C19H25N3O2/c1-24-19(9-7-18(20)23)8-3-11-22(14-19)13-15-5-6-17-16(12-15)4-2-10-21-17/h2,4-6,10,12H,3,7-9,11,13-14H2,1H3,(H2,20,23). The number of amides is 1. The lowest BCUT2D eigenvalue weighted by atomic mass is 9.87. The van der Waals surface area contributed by atoms with Crippen LogP contribution in [0.15, 0.2) is 36.5 Å². The molecule has 1 aliphatic rings. The van der Waals surface area contributed by atoms with E-state index in [0.717, 1.165) is 38.0 Å². The summed E-state index contributed by atoms with van der Waals surface area (Å²) in [5.74, 6) is -0.259. The van der Waals surface area contributed by atoms with Crippen molar-refractivity contribution in [2.75, 3.05) is 20.2 Å². The molecule has 24 heavy (non-hydrogen) atoms. The van der Waals surface area contributed by atoms with Crippen molar-refractivity contribution in [3.8, 4) is 0 Å². The molecule has 5 nitrogen and oxygen atoms in total. The van der Waals surface area contributed by atoms with Crippen molar-refractivity contribution >= 4 is 16.8 Å². The SMILES string of the molecule is COC1(CCC(N)=O)CCCN(Cc2ccc3ncccc3c2)C1. The molecule has 1 atom stereocenters. The summed E-state index contributed by atoms with van der Waals surface area (Å²) in [6, 6.07) is 10.5. The van der Waals surface area contributed by atoms with E-state index in [9.17, 15) is 4.79 Å². The molecule has 1 amide bonds. The summed E-state index contributed by atoms with van der Waals surface area (Å²) >= 11 is 0. The topological polar surface area (TPSA) is 68.5 Å². The van der Waals surface area contributed by atoms with Crippen LogP contribution in [0.5, 0.6) is 0 Å². The molecule has 1 aromatic heterocycles. The molecule has 1 aliphatic heterocycles. The number of primary amides is 1. The number of hydrogen-bond donors (Lipinski definition) is 1. The van der Waals surface area contributed by atoms with E-state index >= 15 is 0 Å². The summed E-state index contributed by atoms with van der Waals surface area (Å²) in [7, 11) is 1.74. The van der Waals surface area contributed by atoms with Gasteiger partial charge in [-0.1, -0.05) is 12.1 Å². The number of pyridine rings is 1. The van der Waals surface area contributed by atoms with Crippen LogP contribution in [0.4, 0.5) is 0 Å². The lowest BCUT2D eigenvalue weighted by Crippen LogP contribution is -2.49. The Morgan fingerprint density at radius 2 is 2.29 bits per heavy atom. The number of fused-ring (bicyclic) bond motifs is 1. The molecular formula is C19H25N3O2. The summed E-state index contributed by atoms with van der Waals surface area (Å²) in [6.45, 7) is 2.77. The van der Waals surface area contributed by atoms with Gasteiger partial charge < -0.3 is 10.5 Å². The van der Waals surface area contributed by atoms with Crippen molar-refractivity contribution in [2.24, 2.45) is 5.73 Å². The molecule has 0 radical (unpaired) electrons. The molecule has 3 rings (SSSR count). The first-order chi connectivity index (χ1) is 11.6. The quantitative estimate of drug-likeness (QED) is 0.885. The van der Waals surface area contributed by atoms with E-state index in [1.807, 2.05) is 12.3 Å². The number of benzene rings is 1. The Morgan fingerprint density at radius 1 is 1.42 bits per heavy atom. The maximum Gasteiger partial charge on any atom is 0.217 e. The molecule has 0 bridgehead atoms. The third-order valence-electron chi connectivity index (χ3n) is 4.95. The van der Waals surface area contributed by atoms with Gasteiger partial charge in [0, 0.05) is 38.2 Å². The van der Waals surface area contributed by atoms with Gasteiger partial charge >= 0.3 is 0 Å². The minimum atomic E-state index is -0.259. The number of aromatic nitrogens is 1. The van der Waals surface area contributed by atoms with Crippen LogP contribution in [0.2, 0.25) is 0 Å². The number of carbonyl (C=O) groups excluding carboxylic acids is 1. The third-order valence-corrected chi connectivity index (χ3v) is 4.95.